The lowest BCUT2D eigenvalue weighted by Gasteiger charge is -2.17. The Balaban J connectivity index is 2.83. The van der Waals surface area contributed by atoms with Crippen LogP contribution in [0.25, 0.3) is 0 Å². The molecule has 1 N–H and O–H groups in total. The van der Waals surface area contributed by atoms with Crippen molar-refractivity contribution >= 4 is 39.3 Å². The maximum Gasteiger partial charge on any atom is 0.230 e. The average molecular weight is 292 g/mol. The molecule has 0 aliphatic heterocycles. The van der Waals surface area contributed by atoms with Gasteiger partial charge in [-0.25, -0.2) is 4.98 Å². The molecule has 0 unspecified atom stereocenters. The van der Waals surface area contributed by atoms with Gasteiger partial charge in [-0.05, 0) is 28.1 Å². The number of rotatable bonds is 1. The van der Waals surface area contributed by atoms with Crippen molar-refractivity contribution in [3.63, 3.8) is 0 Å². The third kappa shape index (κ3) is 3.47. The van der Waals surface area contributed by atoms with Crippen LogP contribution in [0.5, 0.6) is 0 Å². The summed E-state index contributed by atoms with van der Waals surface area (Å²) in [4.78, 5) is 15.7. The van der Waals surface area contributed by atoms with Gasteiger partial charge in [0.15, 0.2) is 0 Å². The number of anilines is 1. The molecule has 0 bridgehead atoms. The predicted molar refractivity (Wildman–Crippen MR) is 65.0 cm³/mol. The summed E-state index contributed by atoms with van der Waals surface area (Å²) >= 11 is 8.98. The van der Waals surface area contributed by atoms with Crippen molar-refractivity contribution < 1.29 is 4.79 Å². The van der Waals surface area contributed by atoms with E-state index >= 15 is 0 Å². The van der Waals surface area contributed by atoms with Crippen molar-refractivity contribution in [2.45, 2.75) is 20.8 Å². The first kappa shape index (κ1) is 12.5. The highest BCUT2D eigenvalue weighted by Gasteiger charge is 2.21. The molecule has 0 aliphatic carbocycles. The summed E-state index contributed by atoms with van der Waals surface area (Å²) in [5, 5.41) is 3.23. The molecule has 1 aromatic rings. The number of halogens is 2. The zero-order valence-electron chi connectivity index (χ0n) is 8.77. The summed E-state index contributed by atoms with van der Waals surface area (Å²) in [5.41, 5.74) is -0.437. The molecule has 82 valence electrons. The SMILES string of the molecule is CC(C)(C)C(=O)Nc1ccc(Cl)c(Br)n1. The largest absolute Gasteiger partial charge is 0.310 e. The topological polar surface area (TPSA) is 42.0 Å². The second-order valence-corrected chi connectivity index (χ2v) is 5.33. The van der Waals surface area contributed by atoms with E-state index in [1.807, 2.05) is 20.8 Å². The molecule has 1 aromatic heterocycles. The fourth-order valence-electron chi connectivity index (χ4n) is 0.791. The van der Waals surface area contributed by atoms with Crippen LogP contribution in [0.4, 0.5) is 5.82 Å². The minimum absolute atomic E-state index is 0.0794. The lowest BCUT2D eigenvalue weighted by atomic mass is 9.96. The summed E-state index contributed by atoms with van der Waals surface area (Å²) in [6, 6.07) is 3.34. The Labute approximate surface area is 102 Å². The Morgan fingerprint density at radius 1 is 1.47 bits per heavy atom. The minimum Gasteiger partial charge on any atom is -0.310 e. The number of amides is 1. The van der Waals surface area contributed by atoms with Gasteiger partial charge in [-0.1, -0.05) is 32.4 Å². The second-order valence-electron chi connectivity index (χ2n) is 4.17. The van der Waals surface area contributed by atoms with Crippen LogP contribution in [0.2, 0.25) is 5.02 Å². The van der Waals surface area contributed by atoms with Crippen molar-refractivity contribution in [3.8, 4) is 0 Å². The predicted octanol–water partition coefficient (Wildman–Crippen LogP) is 3.48. The van der Waals surface area contributed by atoms with Gasteiger partial charge >= 0.3 is 0 Å². The lowest BCUT2D eigenvalue weighted by molar-refractivity contribution is -0.123. The number of hydrogen-bond donors (Lipinski definition) is 1. The highest BCUT2D eigenvalue weighted by molar-refractivity contribution is 9.10. The molecule has 1 amide bonds. The summed E-state index contributed by atoms with van der Waals surface area (Å²) in [6.45, 7) is 5.52. The normalized spacial score (nSPS) is 11.3. The summed E-state index contributed by atoms with van der Waals surface area (Å²) < 4.78 is 0.524. The van der Waals surface area contributed by atoms with Gasteiger partial charge in [-0.15, -0.1) is 0 Å². The van der Waals surface area contributed by atoms with Crippen molar-refractivity contribution in [2.24, 2.45) is 5.41 Å². The Morgan fingerprint density at radius 3 is 2.53 bits per heavy atom. The van der Waals surface area contributed by atoms with Gasteiger partial charge in [0, 0.05) is 5.41 Å². The monoisotopic (exact) mass is 290 g/mol. The van der Waals surface area contributed by atoms with Crippen LogP contribution < -0.4 is 5.32 Å². The minimum atomic E-state index is -0.437. The molecule has 0 saturated heterocycles. The molecule has 15 heavy (non-hydrogen) atoms. The first-order chi connectivity index (χ1) is 6.80. The fraction of sp³-hybridized carbons (Fsp3) is 0.400. The van der Waals surface area contributed by atoms with E-state index in [9.17, 15) is 4.79 Å². The van der Waals surface area contributed by atoms with Crippen LogP contribution >= 0.6 is 27.5 Å². The quantitative estimate of drug-likeness (QED) is 0.805. The Morgan fingerprint density at radius 2 is 2.07 bits per heavy atom. The first-order valence-electron chi connectivity index (χ1n) is 4.44. The van der Waals surface area contributed by atoms with Crippen molar-refractivity contribution in [3.05, 3.63) is 21.8 Å². The van der Waals surface area contributed by atoms with Gasteiger partial charge in [0.05, 0.1) is 5.02 Å². The highest BCUT2D eigenvalue weighted by Crippen LogP contribution is 2.23. The van der Waals surface area contributed by atoms with Gasteiger partial charge in [0.1, 0.15) is 10.4 Å². The van der Waals surface area contributed by atoms with Crippen LogP contribution in [0, 0.1) is 5.41 Å². The molecular weight excluding hydrogens is 279 g/mol. The van der Waals surface area contributed by atoms with Crippen molar-refractivity contribution in [1.29, 1.82) is 0 Å². The van der Waals surface area contributed by atoms with Crippen LogP contribution in [0.15, 0.2) is 16.7 Å². The number of nitrogens with zero attached hydrogens (tertiary/aromatic N) is 1. The summed E-state index contributed by atoms with van der Waals surface area (Å²) in [6.07, 6.45) is 0. The standard InChI is InChI=1S/C10H12BrClN2O/c1-10(2,3)9(15)14-7-5-4-6(12)8(11)13-7/h4-5H,1-3H3,(H,13,14,15). The molecule has 0 atom stereocenters. The first-order valence-corrected chi connectivity index (χ1v) is 5.61. The molecule has 0 spiro atoms. The van der Waals surface area contributed by atoms with Gasteiger partial charge in [-0.3, -0.25) is 4.79 Å². The Bertz CT molecular complexity index is 387. The fourth-order valence-corrected chi connectivity index (χ4v) is 1.22. The number of nitrogens with one attached hydrogen (secondary N) is 1. The highest BCUT2D eigenvalue weighted by atomic mass is 79.9. The molecule has 0 aromatic carbocycles. The lowest BCUT2D eigenvalue weighted by Crippen LogP contribution is -2.28. The van der Waals surface area contributed by atoms with Crippen LogP contribution in [-0.2, 0) is 4.79 Å². The van der Waals surface area contributed by atoms with E-state index in [1.54, 1.807) is 12.1 Å². The summed E-state index contributed by atoms with van der Waals surface area (Å²) in [5.74, 6) is 0.412. The molecule has 0 radical (unpaired) electrons. The van der Waals surface area contributed by atoms with E-state index < -0.39 is 5.41 Å². The van der Waals surface area contributed by atoms with Gasteiger partial charge in [-0.2, -0.15) is 0 Å². The van der Waals surface area contributed by atoms with Crippen LogP contribution in [0.1, 0.15) is 20.8 Å². The number of aromatic nitrogens is 1. The molecule has 1 rings (SSSR count). The van der Waals surface area contributed by atoms with E-state index in [1.165, 1.54) is 0 Å². The second kappa shape index (κ2) is 4.49. The number of pyridine rings is 1. The van der Waals surface area contributed by atoms with Crippen molar-refractivity contribution in [2.75, 3.05) is 5.32 Å². The third-order valence-electron chi connectivity index (χ3n) is 1.73. The van der Waals surface area contributed by atoms with Gasteiger partial charge < -0.3 is 5.32 Å². The molecule has 0 aliphatic rings. The third-order valence-corrected chi connectivity index (χ3v) is 2.86. The van der Waals surface area contributed by atoms with E-state index in [4.69, 9.17) is 11.6 Å². The molecular formula is C10H12BrClN2O. The van der Waals surface area contributed by atoms with Crippen LogP contribution in [-0.4, -0.2) is 10.9 Å². The van der Waals surface area contributed by atoms with E-state index in [0.717, 1.165) is 0 Å². The Hall–Kier alpha value is -0.610. The molecule has 0 saturated carbocycles. The van der Waals surface area contributed by atoms with Gasteiger partial charge in [0.25, 0.3) is 0 Å². The number of hydrogen-bond acceptors (Lipinski definition) is 2. The molecule has 5 heteroatoms. The number of carbonyl (C=O) groups excluding carboxylic acids is 1. The zero-order valence-corrected chi connectivity index (χ0v) is 11.1. The maximum absolute atomic E-state index is 11.6. The summed E-state index contributed by atoms with van der Waals surface area (Å²) in [7, 11) is 0. The Kier molecular flexibility index (Phi) is 3.73. The van der Waals surface area contributed by atoms with E-state index in [0.29, 0.717) is 15.4 Å². The van der Waals surface area contributed by atoms with Gasteiger partial charge in [0.2, 0.25) is 5.91 Å². The zero-order chi connectivity index (χ0) is 11.6. The van der Waals surface area contributed by atoms with E-state index in [-0.39, 0.29) is 5.91 Å². The van der Waals surface area contributed by atoms with Crippen molar-refractivity contribution in [1.82, 2.24) is 4.98 Å². The molecule has 1 heterocycles. The molecule has 0 fully saturated rings. The number of carbonyl (C=O) groups is 1. The van der Waals surface area contributed by atoms with E-state index in [2.05, 4.69) is 26.2 Å². The smallest absolute Gasteiger partial charge is 0.230 e. The average Bonchev–Trinajstić information content (AvgIpc) is 2.10. The van der Waals surface area contributed by atoms with Crippen LogP contribution in [0.3, 0.4) is 0 Å². The molecule has 3 nitrogen and oxygen atoms in total. The maximum atomic E-state index is 11.6.